The van der Waals surface area contributed by atoms with Crippen molar-refractivity contribution in [1.29, 1.82) is 5.26 Å². The van der Waals surface area contributed by atoms with Gasteiger partial charge in [-0.3, -0.25) is 0 Å². The Balaban J connectivity index is 2.00. The Morgan fingerprint density at radius 1 is 1.50 bits per heavy atom. The van der Waals surface area contributed by atoms with Gasteiger partial charge < -0.3 is 10.4 Å². The van der Waals surface area contributed by atoms with Gasteiger partial charge >= 0.3 is 0 Å². The molecule has 4 heteroatoms. The van der Waals surface area contributed by atoms with Gasteiger partial charge in [0.1, 0.15) is 11.9 Å². The summed E-state index contributed by atoms with van der Waals surface area (Å²) in [4.78, 5) is 0. The van der Waals surface area contributed by atoms with Crippen molar-refractivity contribution < 1.29 is 9.50 Å². The molecule has 0 amide bonds. The molecule has 0 spiro atoms. The first-order valence-electron chi connectivity index (χ1n) is 5.23. The number of aliphatic hydroxyl groups excluding tert-OH is 1. The molecule has 0 unspecified atom stereocenters. The number of nitriles is 1. The Morgan fingerprint density at radius 3 is 2.75 bits per heavy atom. The largest absolute Gasteiger partial charge is 0.396 e. The predicted molar refractivity (Wildman–Crippen MR) is 58.4 cm³/mol. The SMILES string of the molecule is N#Cc1ccc(NCC2(CO)CC2)cc1F. The molecule has 2 N–H and O–H groups in total. The van der Waals surface area contributed by atoms with E-state index in [2.05, 4.69) is 5.32 Å². The molecule has 0 atom stereocenters. The van der Waals surface area contributed by atoms with Gasteiger partial charge in [0.25, 0.3) is 0 Å². The van der Waals surface area contributed by atoms with Crippen LogP contribution < -0.4 is 5.32 Å². The van der Waals surface area contributed by atoms with Gasteiger partial charge in [0, 0.05) is 17.6 Å². The fourth-order valence-electron chi connectivity index (χ4n) is 1.57. The number of halogens is 1. The van der Waals surface area contributed by atoms with Gasteiger partial charge in [-0.25, -0.2) is 4.39 Å². The van der Waals surface area contributed by atoms with Gasteiger partial charge in [-0.15, -0.1) is 0 Å². The second-order valence-corrected chi connectivity index (χ2v) is 4.32. The molecule has 2 rings (SSSR count). The smallest absolute Gasteiger partial charge is 0.143 e. The van der Waals surface area contributed by atoms with E-state index in [1.807, 2.05) is 0 Å². The quantitative estimate of drug-likeness (QED) is 0.814. The van der Waals surface area contributed by atoms with Crippen LogP contribution in [0.25, 0.3) is 0 Å². The van der Waals surface area contributed by atoms with Crippen molar-refractivity contribution in [3.8, 4) is 6.07 Å². The maximum absolute atomic E-state index is 13.3. The van der Waals surface area contributed by atoms with Crippen LogP contribution in [0.5, 0.6) is 0 Å². The number of hydrogen-bond acceptors (Lipinski definition) is 3. The molecule has 84 valence electrons. The van der Waals surface area contributed by atoms with Crippen molar-refractivity contribution in [2.75, 3.05) is 18.5 Å². The molecule has 0 aliphatic heterocycles. The zero-order valence-corrected chi connectivity index (χ0v) is 8.83. The van der Waals surface area contributed by atoms with Gasteiger partial charge in [-0.2, -0.15) is 5.26 Å². The molecule has 0 radical (unpaired) electrons. The number of anilines is 1. The van der Waals surface area contributed by atoms with Crippen LogP contribution in [0.1, 0.15) is 18.4 Å². The summed E-state index contributed by atoms with van der Waals surface area (Å²) in [6.45, 7) is 0.813. The molecule has 1 aromatic carbocycles. The molecule has 1 aliphatic carbocycles. The summed E-state index contributed by atoms with van der Waals surface area (Å²) in [5, 5.41) is 20.8. The molecule has 16 heavy (non-hydrogen) atoms. The summed E-state index contributed by atoms with van der Waals surface area (Å²) in [6.07, 6.45) is 2.02. The molecule has 0 bridgehead atoms. The summed E-state index contributed by atoms with van der Waals surface area (Å²) in [7, 11) is 0. The number of rotatable bonds is 4. The number of benzene rings is 1. The van der Waals surface area contributed by atoms with Crippen LogP contribution >= 0.6 is 0 Å². The number of nitrogens with zero attached hydrogens (tertiary/aromatic N) is 1. The van der Waals surface area contributed by atoms with Gasteiger partial charge in [-0.05, 0) is 31.0 Å². The maximum atomic E-state index is 13.3. The zero-order chi connectivity index (χ0) is 11.6. The first-order valence-corrected chi connectivity index (χ1v) is 5.23. The van der Waals surface area contributed by atoms with E-state index in [1.54, 1.807) is 12.1 Å². The molecular formula is C12H13FN2O. The lowest BCUT2D eigenvalue weighted by Gasteiger charge is -2.13. The lowest BCUT2D eigenvalue weighted by molar-refractivity contribution is 0.220. The fraction of sp³-hybridized carbons (Fsp3) is 0.417. The normalized spacial score (nSPS) is 16.6. The highest BCUT2D eigenvalue weighted by atomic mass is 19.1. The van der Waals surface area contributed by atoms with E-state index in [0.29, 0.717) is 12.2 Å². The molecule has 1 aromatic rings. The van der Waals surface area contributed by atoms with Crippen molar-refractivity contribution in [2.24, 2.45) is 5.41 Å². The van der Waals surface area contributed by atoms with Gasteiger partial charge in [0.15, 0.2) is 0 Å². The van der Waals surface area contributed by atoms with Crippen LogP contribution in [0.15, 0.2) is 18.2 Å². The zero-order valence-electron chi connectivity index (χ0n) is 8.83. The van der Waals surface area contributed by atoms with Crippen LogP contribution in [-0.2, 0) is 0 Å². The second-order valence-electron chi connectivity index (χ2n) is 4.32. The summed E-state index contributed by atoms with van der Waals surface area (Å²) in [5.74, 6) is -0.513. The molecule has 0 heterocycles. The highest BCUT2D eigenvalue weighted by molar-refractivity contribution is 5.48. The molecule has 1 aliphatic rings. The van der Waals surface area contributed by atoms with Gasteiger partial charge in [0.2, 0.25) is 0 Å². The lowest BCUT2D eigenvalue weighted by atomic mass is 10.1. The van der Waals surface area contributed by atoms with E-state index in [-0.39, 0.29) is 17.6 Å². The molecule has 3 nitrogen and oxygen atoms in total. The fourth-order valence-corrected chi connectivity index (χ4v) is 1.57. The van der Waals surface area contributed by atoms with E-state index < -0.39 is 5.82 Å². The number of aliphatic hydroxyl groups is 1. The summed E-state index contributed by atoms with van der Waals surface area (Å²) in [5.41, 5.74) is 0.690. The topological polar surface area (TPSA) is 56.0 Å². The third kappa shape index (κ3) is 2.15. The molecule has 0 aromatic heterocycles. The highest BCUT2D eigenvalue weighted by Crippen LogP contribution is 2.44. The van der Waals surface area contributed by atoms with Crippen LogP contribution in [0.3, 0.4) is 0 Å². The van der Waals surface area contributed by atoms with Crippen LogP contribution in [-0.4, -0.2) is 18.3 Å². The average molecular weight is 220 g/mol. The standard InChI is InChI=1S/C12H13FN2O/c13-11-5-10(2-1-9(11)6-14)15-7-12(8-16)3-4-12/h1-2,5,15-16H,3-4,7-8H2. The minimum atomic E-state index is -0.513. The van der Waals surface area contributed by atoms with Crippen LogP contribution in [0.4, 0.5) is 10.1 Å². The molecule has 1 saturated carbocycles. The third-order valence-corrected chi connectivity index (χ3v) is 3.05. The van der Waals surface area contributed by atoms with Crippen molar-refractivity contribution in [1.82, 2.24) is 0 Å². The Morgan fingerprint density at radius 2 is 2.25 bits per heavy atom. The van der Waals surface area contributed by atoms with Crippen molar-refractivity contribution in [3.63, 3.8) is 0 Å². The lowest BCUT2D eigenvalue weighted by Crippen LogP contribution is -2.19. The monoisotopic (exact) mass is 220 g/mol. The molecule has 0 saturated heterocycles. The minimum Gasteiger partial charge on any atom is -0.396 e. The third-order valence-electron chi connectivity index (χ3n) is 3.05. The maximum Gasteiger partial charge on any atom is 0.143 e. The van der Waals surface area contributed by atoms with E-state index in [4.69, 9.17) is 10.4 Å². The second kappa shape index (κ2) is 4.11. The predicted octanol–water partition coefficient (Wildman–Crippen LogP) is 1.88. The van der Waals surface area contributed by atoms with Crippen molar-refractivity contribution >= 4 is 5.69 Å². The summed E-state index contributed by atoms with van der Waals surface area (Å²) < 4.78 is 13.3. The first kappa shape index (κ1) is 10.9. The van der Waals surface area contributed by atoms with Crippen molar-refractivity contribution in [2.45, 2.75) is 12.8 Å². The van der Waals surface area contributed by atoms with Gasteiger partial charge in [-0.1, -0.05) is 0 Å². The van der Waals surface area contributed by atoms with E-state index in [1.165, 1.54) is 12.1 Å². The minimum absolute atomic E-state index is 0.00955. The number of nitrogens with one attached hydrogen (secondary N) is 1. The summed E-state index contributed by atoms with van der Waals surface area (Å²) in [6, 6.07) is 6.22. The number of hydrogen-bond donors (Lipinski definition) is 2. The highest BCUT2D eigenvalue weighted by Gasteiger charge is 2.41. The Bertz CT molecular complexity index is 435. The average Bonchev–Trinajstić information content (AvgIpc) is 3.07. The Hall–Kier alpha value is -1.60. The van der Waals surface area contributed by atoms with E-state index in [0.717, 1.165) is 12.8 Å². The molecular weight excluding hydrogens is 207 g/mol. The molecule has 1 fully saturated rings. The van der Waals surface area contributed by atoms with E-state index in [9.17, 15) is 4.39 Å². The first-order chi connectivity index (χ1) is 7.69. The van der Waals surface area contributed by atoms with Gasteiger partial charge in [0.05, 0.1) is 12.2 Å². The van der Waals surface area contributed by atoms with E-state index >= 15 is 0 Å². The van der Waals surface area contributed by atoms with Crippen LogP contribution in [0.2, 0.25) is 0 Å². The summed E-state index contributed by atoms with van der Waals surface area (Å²) >= 11 is 0. The Kier molecular flexibility index (Phi) is 2.80. The van der Waals surface area contributed by atoms with Crippen LogP contribution in [0, 0.1) is 22.6 Å². The van der Waals surface area contributed by atoms with Crippen molar-refractivity contribution in [3.05, 3.63) is 29.6 Å². The Labute approximate surface area is 93.5 Å².